The van der Waals surface area contributed by atoms with E-state index in [0.29, 0.717) is 12.6 Å². The van der Waals surface area contributed by atoms with Gasteiger partial charge in [0.1, 0.15) is 0 Å². The van der Waals surface area contributed by atoms with Gasteiger partial charge in [-0.15, -0.1) is 0 Å². The van der Waals surface area contributed by atoms with E-state index < -0.39 is 0 Å². The fourth-order valence-corrected chi connectivity index (χ4v) is 2.80. The highest BCUT2D eigenvalue weighted by Crippen LogP contribution is 2.32. The molecule has 1 aliphatic carbocycles. The van der Waals surface area contributed by atoms with E-state index in [2.05, 4.69) is 5.32 Å². The minimum Gasteiger partial charge on any atom is -0.377 e. The normalized spacial score (nSPS) is 13.9. The van der Waals surface area contributed by atoms with Crippen LogP contribution in [0.4, 0.5) is 11.4 Å². The summed E-state index contributed by atoms with van der Waals surface area (Å²) in [5.41, 5.74) is 2.92. The Morgan fingerprint density at radius 1 is 1.12 bits per heavy atom. The first-order valence-corrected chi connectivity index (χ1v) is 9.12. The largest absolute Gasteiger partial charge is 0.377 e. The van der Waals surface area contributed by atoms with Crippen molar-refractivity contribution in [1.29, 1.82) is 0 Å². The maximum Gasteiger partial charge on any atom is 0.226 e. The Hall–Kier alpha value is -2.04. The molecule has 0 aromatic heterocycles. The van der Waals surface area contributed by atoms with Crippen LogP contribution in [0.3, 0.4) is 0 Å². The van der Waals surface area contributed by atoms with Gasteiger partial charge < -0.3 is 15.1 Å². The van der Waals surface area contributed by atoms with Crippen LogP contribution in [0.5, 0.6) is 0 Å². The van der Waals surface area contributed by atoms with Crippen LogP contribution in [0.15, 0.2) is 18.2 Å². The molecule has 0 bridgehead atoms. The van der Waals surface area contributed by atoms with E-state index in [1.165, 1.54) is 0 Å². The molecule has 0 saturated heterocycles. The monoisotopic (exact) mass is 345 g/mol. The Balaban J connectivity index is 2.29. The molecule has 1 aromatic rings. The van der Waals surface area contributed by atoms with Crippen LogP contribution in [0.1, 0.15) is 46.1 Å². The Kier molecular flexibility index (Phi) is 6.09. The minimum atomic E-state index is -0.0672. The lowest BCUT2D eigenvalue weighted by Crippen LogP contribution is -2.36. The summed E-state index contributed by atoms with van der Waals surface area (Å²) in [6.07, 6.45) is 2.17. The summed E-state index contributed by atoms with van der Waals surface area (Å²) in [7, 11) is 3.99. The molecule has 138 valence electrons. The number of nitrogens with zero attached hydrogens (tertiary/aromatic N) is 2. The number of rotatable bonds is 7. The third-order valence-electron chi connectivity index (χ3n) is 4.46. The van der Waals surface area contributed by atoms with Crippen molar-refractivity contribution < 1.29 is 9.59 Å². The third-order valence-corrected chi connectivity index (χ3v) is 4.46. The van der Waals surface area contributed by atoms with Crippen LogP contribution in [0.25, 0.3) is 0 Å². The lowest BCUT2D eigenvalue weighted by molar-refractivity contribution is -0.135. The van der Waals surface area contributed by atoms with Crippen molar-refractivity contribution in [2.24, 2.45) is 11.8 Å². The standard InChI is InChI=1S/C20H31N3O2/c1-13(2)19(24)21-16-7-10-18(22(5)6)15(11-16)12-23(17-8-9-17)20(25)14(3)4/h7,10-11,13-14,17H,8-9,12H2,1-6H3,(H,21,24). The van der Waals surface area contributed by atoms with E-state index in [-0.39, 0.29) is 23.7 Å². The molecule has 5 nitrogen and oxygen atoms in total. The molecule has 1 aromatic carbocycles. The smallest absolute Gasteiger partial charge is 0.226 e. The van der Waals surface area contributed by atoms with Gasteiger partial charge in [0.25, 0.3) is 0 Å². The molecular formula is C20H31N3O2. The number of carbonyl (C=O) groups excluding carboxylic acids is 2. The summed E-state index contributed by atoms with van der Waals surface area (Å²) in [4.78, 5) is 28.6. The van der Waals surface area contributed by atoms with Gasteiger partial charge in [0.15, 0.2) is 0 Å². The average molecular weight is 345 g/mol. The predicted octanol–water partition coefficient (Wildman–Crippen LogP) is 3.49. The molecule has 0 spiro atoms. The molecule has 5 heteroatoms. The lowest BCUT2D eigenvalue weighted by Gasteiger charge is -2.27. The predicted molar refractivity (Wildman–Crippen MR) is 103 cm³/mol. The summed E-state index contributed by atoms with van der Waals surface area (Å²) in [5, 5.41) is 2.96. The van der Waals surface area contributed by atoms with Crippen LogP contribution in [-0.2, 0) is 16.1 Å². The summed E-state index contributed by atoms with van der Waals surface area (Å²) in [5.74, 6) is 0.124. The molecule has 1 N–H and O–H groups in total. The van der Waals surface area contributed by atoms with Crippen LogP contribution >= 0.6 is 0 Å². The van der Waals surface area contributed by atoms with Crippen LogP contribution in [0, 0.1) is 11.8 Å². The third kappa shape index (κ3) is 4.97. The second kappa shape index (κ2) is 7.89. The van der Waals surface area contributed by atoms with Gasteiger partial charge in [0.05, 0.1) is 0 Å². The van der Waals surface area contributed by atoms with Gasteiger partial charge >= 0.3 is 0 Å². The fraction of sp³-hybridized carbons (Fsp3) is 0.600. The molecule has 0 radical (unpaired) electrons. The molecule has 1 saturated carbocycles. The molecule has 0 aliphatic heterocycles. The highest BCUT2D eigenvalue weighted by molar-refractivity contribution is 5.92. The first-order chi connectivity index (χ1) is 11.7. The molecule has 1 fully saturated rings. The van der Waals surface area contributed by atoms with Crippen molar-refractivity contribution >= 4 is 23.2 Å². The van der Waals surface area contributed by atoms with E-state index in [1.807, 2.05) is 69.8 Å². The topological polar surface area (TPSA) is 52.7 Å². The molecule has 25 heavy (non-hydrogen) atoms. The van der Waals surface area contributed by atoms with Gasteiger partial charge in [-0.2, -0.15) is 0 Å². The Bertz CT molecular complexity index is 634. The quantitative estimate of drug-likeness (QED) is 0.823. The van der Waals surface area contributed by atoms with Gasteiger partial charge in [-0.25, -0.2) is 0 Å². The van der Waals surface area contributed by atoms with Crippen molar-refractivity contribution in [1.82, 2.24) is 4.90 Å². The number of benzene rings is 1. The van der Waals surface area contributed by atoms with Gasteiger partial charge in [-0.05, 0) is 36.6 Å². The van der Waals surface area contributed by atoms with Crippen LogP contribution < -0.4 is 10.2 Å². The second-order valence-electron chi connectivity index (χ2n) is 7.73. The lowest BCUT2D eigenvalue weighted by atomic mass is 10.1. The Morgan fingerprint density at radius 2 is 1.76 bits per heavy atom. The zero-order valence-electron chi connectivity index (χ0n) is 16.3. The summed E-state index contributed by atoms with van der Waals surface area (Å²) >= 11 is 0. The average Bonchev–Trinajstić information content (AvgIpc) is 3.36. The first-order valence-electron chi connectivity index (χ1n) is 9.12. The SMILES string of the molecule is CC(C)C(=O)Nc1ccc(N(C)C)c(CN(C(=O)C(C)C)C2CC2)c1. The zero-order chi connectivity index (χ0) is 18.7. The van der Waals surface area contributed by atoms with Crippen LogP contribution in [-0.4, -0.2) is 36.9 Å². The van der Waals surface area contributed by atoms with Gasteiger partial charge in [0.2, 0.25) is 11.8 Å². The van der Waals surface area contributed by atoms with Crippen molar-refractivity contribution in [3.63, 3.8) is 0 Å². The van der Waals surface area contributed by atoms with Gasteiger partial charge in [-0.1, -0.05) is 27.7 Å². The molecule has 0 unspecified atom stereocenters. The molecule has 2 amide bonds. The Labute approximate surface area is 151 Å². The number of amides is 2. The van der Waals surface area contributed by atoms with E-state index in [4.69, 9.17) is 0 Å². The number of nitrogens with one attached hydrogen (secondary N) is 1. The summed E-state index contributed by atoms with van der Waals surface area (Å²) < 4.78 is 0. The fourth-order valence-electron chi connectivity index (χ4n) is 2.80. The summed E-state index contributed by atoms with van der Waals surface area (Å²) in [6, 6.07) is 6.29. The number of hydrogen-bond acceptors (Lipinski definition) is 3. The van der Waals surface area contributed by atoms with Crippen LogP contribution in [0.2, 0.25) is 0 Å². The first kappa shape index (κ1) is 19.3. The Morgan fingerprint density at radius 3 is 2.24 bits per heavy atom. The van der Waals surface area contributed by atoms with Gasteiger partial charge in [-0.3, -0.25) is 9.59 Å². The van der Waals surface area contributed by atoms with E-state index >= 15 is 0 Å². The number of anilines is 2. The highest BCUT2D eigenvalue weighted by Gasteiger charge is 2.34. The molecule has 1 aliphatic rings. The number of hydrogen-bond donors (Lipinski definition) is 1. The van der Waals surface area contributed by atoms with E-state index in [9.17, 15) is 9.59 Å². The summed E-state index contributed by atoms with van der Waals surface area (Å²) in [6.45, 7) is 8.23. The molecule has 0 atom stereocenters. The molecule has 0 heterocycles. The van der Waals surface area contributed by atoms with Gasteiger partial charge in [0, 0.05) is 49.9 Å². The minimum absolute atomic E-state index is 0.000795. The number of carbonyl (C=O) groups is 2. The molecule has 2 rings (SSSR count). The maximum absolute atomic E-state index is 12.6. The maximum atomic E-state index is 12.6. The van der Waals surface area contributed by atoms with Crippen molar-refractivity contribution in [3.8, 4) is 0 Å². The highest BCUT2D eigenvalue weighted by atomic mass is 16.2. The van der Waals surface area contributed by atoms with Crippen molar-refractivity contribution in [2.45, 2.75) is 53.1 Å². The van der Waals surface area contributed by atoms with Crippen molar-refractivity contribution in [3.05, 3.63) is 23.8 Å². The molecular weight excluding hydrogens is 314 g/mol. The van der Waals surface area contributed by atoms with Crippen molar-refractivity contribution in [2.75, 3.05) is 24.3 Å². The second-order valence-corrected chi connectivity index (χ2v) is 7.73. The zero-order valence-corrected chi connectivity index (χ0v) is 16.3. The van der Waals surface area contributed by atoms with E-state index in [0.717, 1.165) is 29.8 Å². The van der Waals surface area contributed by atoms with E-state index in [1.54, 1.807) is 0 Å².